The number of nitrogens with one attached hydrogen (secondary N) is 2. The monoisotopic (exact) mass is 458 g/mol. The number of rotatable bonds is 7. The summed E-state index contributed by atoms with van der Waals surface area (Å²) in [6, 6.07) is 18.5. The van der Waals surface area contributed by atoms with Crippen LogP contribution in [0.5, 0.6) is 0 Å². The average Bonchev–Trinajstić information content (AvgIpc) is 2.84. The second-order valence-corrected chi connectivity index (χ2v) is 7.38. The zero-order chi connectivity index (χ0) is 24.2. The van der Waals surface area contributed by atoms with Gasteiger partial charge in [0.15, 0.2) is 0 Å². The van der Waals surface area contributed by atoms with Crippen LogP contribution in [0.4, 0.5) is 11.4 Å². The van der Waals surface area contributed by atoms with Gasteiger partial charge in [0.05, 0.1) is 20.6 Å². The van der Waals surface area contributed by atoms with E-state index in [1.807, 2.05) is 0 Å². The highest BCUT2D eigenvalue weighted by Crippen LogP contribution is 2.29. The first kappa shape index (κ1) is 22.3. The molecule has 10 nitrogen and oxygen atoms in total. The molecule has 0 aliphatic heterocycles. The number of carbonyl (C=O) groups excluding carboxylic acids is 2. The molecule has 0 aromatic heterocycles. The Morgan fingerprint density at radius 3 is 1.29 bits per heavy atom. The van der Waals surface area contributed by atoms with E-state index < -0.39 is 21.7 Å². The molecule has 0 saturated heterocycles. The van der Waals surface area contributed by atoms with E-state index in [4.69, 9.17) is 0 Å². The Bertz CT molecular complexity index is 1360. The van der Waals surface area contributed by atoms with E-state index in [2.05, 4.69) is 10.6 Å². The number of non-ortho nitro benzene ring substituents is 2. The summed E-state index contributed by atoms with van der Waals surface area (Å²) in [7, 11) is 0. The van der Waals surface area contributed by atoms with Crippen molar-refractivity contribution in [2.24, 2.45) is 0 Å². The SMILES string of the molecule is O=C(NCCNC(=O)c1ccc([N+](=O)[O-])c2ccccc12)c1ccc([N+](=O)[O-])c2ccccc12. The molecule has 0 aliphatic rings. The Balaban J connectivity index is 1.44. The highest BCUT2D eigenvalue weighted by atomic mass is 16.6. The molecule has 0 atom stereocenters. The van der Waals surface area contributed by atoms with Gasteiger partial charge in [-0.1, -0.05) is 36.4 Å². The van der Waals surface area contributed by atoms with Gasteiger partial charge in [-0.2, -0.15) is 0 Å². The lowest BCUT2D eigenvalue weighted by Crippen LogP contribution is -2.34. The smallest absolute Gasteiger partial charge is 0.277 e. The van der Waals surface area contributed by atoms with Crippen LogP contribution in [0, 0.1) is 20.2 Å². The van der Waals surface area contributed by atoms with Crippen LogP contribution in [0.25, 0.3) is 21.5 Å². The van der Waals surface area contributed by atoms with Crippen LogP contribution in [0.15, 0.2) is 72.8 Å². The molecule has 4 aromatic carbocycles. The fourth-order valence-electron chi connectivity index (χ4n) is 3.82. The lowest BCUT2D eigenvalue weighted by Gasteiger charge is -2.10. The molecule has 2 amide bonds. The van der Waals surface area contributed by atoms with Crippen LogP contribution in [-0.4, -0.2) is 34.8 Å². The third kappa shape index (κ3) is 4.24. The van der Waals surface area contributed by atoms with Crippen molar-refractivity contribution in [1.82, 2.24) is 10.6 Å². The maximum absolute atomic E-state index is 12.7. The molecule has 0 heterocycles. The van der Waals surface area contributed by atoms with Gasteiger partial charge in [-0.3, -0.25) is 29.8 Å². The van der Waals surface area contributed by atoms with Crippen LogP contribution in [-0.2, 0) is 0 Å². The molecule has 0 bridgehead atoms. The third-order valence-electron chi connectivity index (χ3n) is 5.38. The van der Waals surface area contributed by atoms with Crippen LogP contribution < -0.4 is 10.6 Å². The maximum atomic E-state index is 12.7. The van der Waals surface area contributed by atoms with E-state index in [0.29, 0.717) is 21.5 Å². The number of fused-ring (bicyclic) bond motifs is 2. The second-order valence-electron chi connectivity index (χ2n) is 7.38. The molecule has 0 aliphatic carbocycles. The molecule has 4 rings (SSSR count). The number of hydrogen-bond acceptors (Lipinski definition) is 6. The summed E-state index contributed by atoms with van der Waals surface area (Å²) in [4.78, 5) is 46.9. The lowest BCUT2D eigenvalue weighted by molar-refractivity contribution is -0.383. The zero-order valence-electron chi connectivity index (χ0n) is 17.7. The summed E-state index contributed by atoms with van der Waals surface area (Å²) in [6.07, 6.45) is 0. The Kier molecular flexibility index (Phi) is 6.13. The standard InChI is InChI=1S/C24H18N4O6/c29-23(19-9-11-21(27(31)32)17-7-3-1-5-15(17)19)25-13-14-26-24(30)20-10-12-22(28(33)34)18-8-4-2-6-16(18)20/h1-12H,13-14H2,(H,25,29)(H,26,30). The summed E-state index contributed by atoms with van der Waals surface area (Å²) in [6.45, 7) is 0.224. The van der Waals surface area contributed by atoms with Crippen LogP contribution in [0.1, 0.15) is 20.7 Å². The topological polar surface area (TPSA) is 144 Å². The van der Waals surface area contributed by atoms with Gasteiger partial charge in [0.2, 0.25) is 0 Å². The Hall–Kier alpha value is -4.86. The Morgan fingerprint density at radius 1 is 0.588 bits per heavy atom. The van der Waals surface area contributed by atoms with E-state index in [1.165, 1.54) is 24.3 Å². The first-order chi connectivity index (χ1) is 16.4. The van der Waals surface area contributed by atoms with Gasteiger partial charge in [0, 0.05) is 47.1 Å². The molecule has 34 heavy (non-hydrogen) atoms. The summed E-state index contributed by atoms with van der Waals surface area (Å²) in [5, 5.41) is 29.5. The Morgan fingerprint density at radius 2 is 0.941 bits per heavy atom. The second kappa shape index (κ2) is 9.33. The van der Waals surface area contributed by atoms with Gasteiger partial charge in [-0.15, -0.1) is 0 Å². The fourth-order valence-corrected chi connectivity index (χ4v) is 3.82. The minimum Gasteiger partial charge on any atom is -0.350 e. The Labute approximate surface area is 192 Å². The predicted molar refractivity (Wildman–Crippen MR) is 126 cm³/mol. The minimum atomic E-state index is -0.499. The molecule has 0 spiro atoms. The molecule has 0 saturated carbocycles. The van der Waals surface area contributed by atoms with Crippen molar-refractivity contribution >= 4 is 44.7 Å². The van der Waals surface area contributed by atoms with Crippen molar-refractivity contribution in [3.8, 4) is 0 Å². The molecule has 0 radical (unpaired) electrons. The summed E-state index contributed by atoms with van der Waals surface area (Å²) in [5.41, 5.74) is 0.396. The highest BCUT2D eigenvalue weighted by molar-refractivity contribution is 6.10. The van der Waals surface area contributed by atoms with Crippen LogP contribution in [0.3, 0.4) is 0 Å². The molecule has 2 N–H and O–H groups in total. The number of nitro benzene ring substituents is 2. The number of nitrogens with zero attached hydrogens (tertiary/aromatic N) is 2. The molecule has 170 valence electrons. The summed E-state index contributed by atoms with van der Waals surface area (Å²) >= 11 is 0. The van der Waals surface area contributed by atoms with Crippen molar-refractivity contribution in [3.05, 3.63) is 104 Å². The van der Waals surface area contributed by atoms with Gasteiger partial charge in [-0.25, -0.2) is 0 Å². The number of hydrogen-bond donors (Lipinski definition) is 2. The van der Waals surface area contributed by atoms with E-state index in [0.717, 1.165) is 0 Å². The molecule has 10 heteroatoms. The molecule has 4 aromatic rings. The average molecular weight is 458 g/mol. The van der Waals surface area contributed by atoms with Gasteiger partial charge in [-0.05, 0) is 24.3 Å². The minimum absolute atomic E-state index is 0.0882. The molecule has 0 fully saturated rings. The first-order valence-corrected chi connectivity index (χ1v) is 10.3. The van der Waals surface area contributed by atoms with Crippen molar-refractivity contribution in [2.45, 2.75) is 0 Å². The highest BCUT2D eigenvalue weighted by Gasteiger charge is 2.19. The largest absolute Gasteiger partial charge is 0.350 e. The van der Waals surface area contributed by atoms with E-state index in [1.54, 1.807) is 48.5 Å². The fraction of sp³-hybridized carbons (Fsp3) is 0.0833. The molecular formula is C24H18N4O6. The van der Waals surface area contributed by atoms with Crippen LogP contribution >= 0.6 is 0 Å². The normalized spacial score (nSPS) is 10.7. The first-order valence-electron chi connectivity index (χ1n) is 10.3. The maximum Gasteiger partial charge on any atom is 0.277 e. The number of amides is 2. The summed E-state index contributed by atoms with van der Waals surface area (Å²) < 4.78 is 0. The van der Waals surface area contributed by atoms with Crippen molar-refractivity contribution in [3.63, 3.8) is 0 Å². The van der Waals surface area contributed by atoms with Crippen molar-refractivity contribution in [2.75, 3.05) is 13.1 Å². The molecular weight excluding hydrogens is 440 g/mol. The summed E-state index contributed by atoms with van der Waals surface area (Å²) in [5.74, 6) is -0.859. The predicted octanol–water partition coefficient (Wildman–Crippen LogP) is 3.97. The van der Waals surface area contributed by atoms with Crippen molar-refractivity contribution in [1.29, 1.82) is 0 Å². The van der Waals surface area contributed by atoms with Crippen molar-refractivity contribution < 1.29 is 19.4 Å². The number of benzene rings is 4. The number of nitro groups is 2. The quantitative estimate of drug-likeness (QED) is 0.244. The third-order valence-corrected chi connectivity index (χ3v) is 5.38. The van der Waals surface area contributed by atoms with Gasteiger partial charge >= 0.3 is 0 Å². The lowest BCUT2D eigenvalue weighted by atomic mass is 10.0. The molecule has 0 unspecified atom stereocenters. The van der Waals surface area contributed by atoms with Gasteiger partial charge < -0.3 is 10.6 Å². The van der Waals surface area contributed by atoms with Crippen LogP contribution in [0.2, 0.25) is 0 Å². The van der Waals surface area contributed by atoms with Gasteiger partial charge in [0.25, 0.3) is 23.2 Å². The number of carbonyl (C=O) groups is 2. The van der Waals surface area contributed by atoms with E-state index in [9.17, 15) is 29.8 Å². The van der Waals surface area contributed by atoms with E-state index in [-0.39, 0.29) is 35.6 Å². The zero-order valence-corrected chi connectivity index (χ0v) is 17.7. The van der Waals surface area contributed by atoms with Gasteiger partial charge in [0.1, 0.15) is 0 Å². The van der Waals surface area contributed by atoms with E-state index >= 15 is 0 Å².